The first-order chi connectivity index (χ1) is 7.29. The van der Waals surface area contributed by atoms with Crippen molar-refractivity contribution >= 4 is 11.6 Å². The first kappa shape index (κ1) is 10.1. The van der Waals surface area contributed by atoms with Crippen LogP contribution in [0.5, 0.6) is 5.75 Å². The predicted octanol–water partition coefficient (Wildman–Crippen LogP) is 3.82. The van der Waals surface area contributed by atoms with Crippen LogP contribution in [0, 0.1) is 6.07 Å². The topological polar surface area (TPSA) is 9.23 Å². The van der Waals surface area contributed by atoms with Crippen molar-refractivity contribution in [1.29, 1.82) is 0 Å². The van der Waals surface area contributed by atoms with Gasteiger partial charge in [0.15, 0.2) is 0 Å². The zero-order valence-electron chi connectivity index (χ0n) is 8.33. The second-order valence-corrected chi connectivity index (χ2v) is 3.59. The van der Waals surface area contributed by atoms with Crippen molar-refractivity contribution in [1.82, 2.24) is 0 Å². The van der Waals surface area contributed by atoms with Crippen LogP contribution in [0.3, 0.4) is 0 Å². The molecule has 0 aliphatic heterocycles. The minimum absolute atomic E-state index is 0.714. The average molecular weight is 218 g/mol. The first-order valence-corrected chi connectivity index (χ1v) is 4.99. The fourth-order valence-corrected chi connectivity index (χ4v) is 1.57. The van der Waals surface area contributed by atoms with Gasteiger partial charge in [0.2, 0.25) is 0 Å². The first-order valence-electron chi connectivity index (χ1n) is 4.61. The molecule has 0 bridgehead atoms. The number of hydrogen-bond donors (Lipinski definition) is 0. The van der Waals surface area contributed by atoms with Gasteiger partial charge in [0.1, 0.15) is 5.75 Å². The lowest BCUT2D eigenvalue weighted by Gasteiger charge is -2.04. The molecule has 0 fully saturated rings. The lowest BCUT2D eigenvalue weighted by atomic mass is 10.1. The quantitative estimate of drug-likeness (QED) is 0.743. The van der Waals surface area contributed by atoms with Crippen molar-refractivity contribution in [3.05, 3.63) is 53.6 Å². The number of rotatable bonds is 2. The summed E-state index contributed by atoms with van der Waals surface area (Å²) in [6.07, 6.45) is 0. The third-order valence-corrected chi connectivity index (χ3v) is 2.38. The Morgan fingerprint density at radius 3 is 2.80 bits per heavy atom. The molecule has 0 N–H and O–H groups in total. The summed E-state index contributed by atoms with van der Waals surface area (Å²) in [4.78, 5) is 0. The summed E-state index contributed by atoms with van der Waals surface area (Å²) in [5.41, 5.74) is 2.03. The van der Waals surface area contributed by atoms with Gasteiger partial charge >= 0.3 is 0 Å². The molecule has 15 heavy (non-hydrogen) atoms. The van der Waals surface area contributed by atoms with E-state index < -0.39 is 0 Å². The third-order valence-electron chi connectivity index (χ3n) is 2.14. The van der Waals surface area contributed by atoms with Crippen molar-refractivity contribution in [2.75, 3.05) is 7.11 Å². The average Bonchev–Trinajstić information content (AvgIpc) is 2.29. The maximum atomic E-state index is 5.92. The lowest BCUT2D eigenvalue weighted by molar-refractivity contribution is 0.415. The Hall–Kier alpha value is -1.47. The van der Waals surface area contributed by atoms with Crippen LogP contribution in [-0.2, 0) is 0 Å². The van der Waals surface area contributed by atoms with E-state index in [1.54, 1.807) is 7.11 Å². The zero-order valence-corrected chi connectivity index (χ0v) is 9.08. The normalized spacial score (nSPS) is 10.0. The van der Waals surface area contributed by atoms with Gasteiger partial charge in [0.05, 0.1) is 7.11 Å². The molecule has 0 aliphatic carbocycles. The monoisotopic (exact) mass is 217 g/mol. The molecule has 0 saturated heterocycles. The molecule has 2 aromatic carbocycles. The maximum Gasteiger partial charge on any atom is 0.119 e. The Labute approximate surface area is 94.3 Å². The van der Waals surface area contributed by atoms with E-state index in [4.69, 9.17) is 16.3 Å². The molecule has 0 heterocycles. The minimum Gasteiger partial charge on any atom is -0.497 e. The molecule has 0 aliphatic rings. The van der Waals surface area contributed by atoms with Crippen LogP contribution in [0.25, 0.3) is 11.1 Å². The summed E-state index contributed by atoms with van der Waals surface area (Å²) in [5.74, 6) is 0.834. The second kappa shape index (κ2) is 4.37. The predicted molar refractivity (Wildman–Crippen MR) is 62.3 cm³/mol. The van der Waals surface area contributed by atoms with Gasteiger partial charge in [0, 0.05) is 5.02 Å². The van der Waals surface area contributed by atoms with Crippen molar-refractivity contribution in [2.45, 2.75) is 0 Å². The summed E-state index contributed by atoms with van der Waals surface area (Å²) in [6, 6.07) is 16.5. The lowest BCUT2D eigenvalue weighted by Crippen LogP contribution is -1.83. The smallest absolute Gasteiger partial charge is 0.119 e. The van der Waals surface area contributed by atoms with Gasteiger partial charge in [-0.1, -0.05) is 29.8 Å². The fraction of sp³-hybridized carbons (Fsp3) is 0.0769. The van der Waals surface area contributed by atoms with Crippen LogP contribution >= 0.6 is 11.6 Å². The van der Waals surface area contributed by atoms with Crippen LogP contribution in [0.4, 0.5) is 0 Å². The summed E-state index contributed by atoms with van der Waals surface area (Å²) >= 11 is 5.92. The highest BCUT2D eigenvalue weighted by atomic mass is 35.5. The Bertz CT molecular complexity index is 466. The molecule has 2 heteroatoms. The van der Waals surface area contributed by atoms with Gasteiger partial charge in [-0.3, -0.25) is 0 Å². The zero-order chi connectivity index (χ0) is 10.7. The molecule has 1 radical (unpaired) electrons. The molecule has 1 nitrogen and oxygen atoms in total. The molecule has 0 saturated carbocycles. The van der Waals surface area contributed by atoms with Crippen molar-refractivity contribution < 1.29 is 4.74 Å². The van der Waals surface area contributed by atoms with Crippen LogP contribution in [0.15, 0.2) is 42.5 Å². The Morgan fingerprint density at radius 1 is 1.20 bits per heavy atom. The van der Waals surface area contributed by atoms with Crippen molar-refractivity contribution in [3.8, 4) is 16.9 Å². The molecule has 0 spiro atoms. The van der Waals surface area contributed by atoms with Gasteiger partial charge in [-0.2, -0.15) is 0 Å². The summed E-state index contributed by atoms with van der Waals surface area (Å²) in [6.45, 7) is 0. The van der Waals surface area contributed by atoms with Crippen molar-refractivity contribution in [2.24, 2.45) is 0 Å². The van der Waals surface area contributed by atoms with E-state index in [1.165, 1.54) is 0 Å². The largest absolute Gasteiger partial charge is 0.497 e. The van der Waals surface area contributed by atoms with Crippen LogP contribution in [-0.4, -0.2) is 7.11 Å². The van der Waals surface area contributed by atoms with E-state index in [1.807, 2.05) is 42.5 Å². The maximum absolute atomic E-state index is 5.92. The van der Waals surface area contributed by atoms with E-state index in [2.05, 4.69) is 6.07 Å². The Kier molecular flexibility index (Phi) is 2.93. The van der Waals surface area contributed by atoms with E-state index in [0.717, 1.165) is 16.9 Å². The molecule has 0 amide bonds. The molecular formula is C13H10ClO. The number of benzene rings is 2. The van der Waals surface area contributed by atoms with Gasteiger partial charge < -0.3 is 4.74 Å². The standard InChI is InChI=1S/C13H10ClO/c1-15-13-7-3-5-11(9-13)10-4-2-6-12(14)8-10/h2-3,5-9H,1H3. The second-order valence-electron chi connectivity index (χ2n) is 3.15. The molecular weight excluding hydrogens is 208 g/mol. The van der Waals surface area contributed by atoms with E-state index >= 15 is 0 Å². The highest BCUT2D eigenvalue weighted by Crippen LogP contribution is 2.25. The Morgan fingerprint density at radius 2 is 2.07 bits per heavy atom. The highest BCUT2D eigenvalue weighted by Gasteiger charge is 1.99. The van der Waals surface area contributed by atoms with Gasteiger partial charge in [0.25, 0.3) is 0 Å². The number of methoxy groups -OCH3 is 1. The summed E-state index contributed by atoms with van der Waals surface area (Å²) in [7, 11) is 1.65. The number of halogens is 1. The number of ether oxygens (including phenoxy) is 1. The highest BCUT2D eigenvalue weighted by molar-refractivity contribution is 6.30. The van der Waals surface area contributed by atoms with Crippen LogP contribution in [0.1, 0.15) is 0 Å². The molecule has 0 atom stereocenters. The van der Waals surface area contributed by atoms with Crippen LogP contribution in [0.2, 0.25) is 5.02 Å². The summed E-state index contributed by atoms with van der Waals surface area (Å²) < 4.78 is 5.16. The van der Waals surface area contributed by atoms with Crippen LogP contribution < -0.4 is 4.74 Å². The SMILES string of the molecule is COc1cccc(-c2[c]ccc(Cl)c2)c1. The van der Waals surface area contributed by atoms with Gasteiger partial charge in [-0.15, -0.1) is 0 Å². The minimum atomic E-state index is 0.714. The van der Waals surface area contributed by atoms with E-state index in [-0.39, 0.29) is 0 Å². The van der Waals surface area contributed by atoms with E-state index in [0.29, 0.717) is 5.02 Å². The molecule has 2 rings (SSSR count). The third kappa shape index (κ3) is 2.31. The van der Waals surface area contributed by atoms with Gasteiger partial charge in [-0.25, -0.2) is 0 Å². The molecule has 0 unspecified atom stereocenters. The number of hydrogen-bond acceptors (Lipinski definition) is 1. The van der Waals surface area contributed by atoms with Crippen molar-refractivity contribution in [3.63, 3.8) is 0 Å². The van der Waals surface area contributed by atoms with E-state index in [9.17, 15) is 0 Å². The molecule has 0 aromatic heterocycles. The van der Waals surface area contributed by atoms with Gasteiger partial charge in [-0.05, 0) is 41.5 Å². The molecule has 75 valence electrons. The summed E-state index contributed by atoms with van der Waals surface area (Å²) in [5, 5.41) is 0.714. The fourth-order valence-electron chi connectivity index (χ4n) is 1.40. The molecule has 2 aromatic rings. The Balaban J connectivity index is 2.44.